The lowest BCUT2D eigenvalue weighted by Gasteiger charge is -2.03. The Hall–Kier alpha value is -3.46. The average molecular weight is 413 g/mol. The molecule has 4 aromatic rings. The fourth-order valence-electron chi connectivity index (χ4n) is 3.20. The molecule has 0 spiro atoms. The number of rotatable bonds is 4. The van der Waals surface area contributed by atoms with E-state index in [9.17, 15) is 9.59 Å². The van der Waals surface area contributed by atoms with Crippen LogP contribution in [0.4, 0.5) is 0 Å². The van der Waals surface area contributed by atoms with Crippen molar-refractivity contribution in [3.8, 4) is 11.5 Å². The summed E-state index contributed by atoms with van der Waals surface area (Å²) in [5.41, 5.74) is 1.97. The molecule has 1 N–H and O–H groups in total. The van der Waals surface area contributed by atoms with Gasteiger partial charge in [0.15, 0.2) is 11.5 Å². The lowest BCUT2D eigenvalue weighted by molar-refractivity contribution is 0.0945. The van der Waals surface area contributed by atoms with Crippen LogP contribution in [0.1, 0.15) is 21.9 Å². The van der Waals surface area contributed by atoms with E-state index in [1.165, 1.54) is 9.25 Å². The van der Waals surface area contributed by atoms with Gasteiger partial charge in [-0.3, -0.25) is 14.3 Å². The number of benzene rings is 1. The number of carbonyl (C=O) groups is 1. The van der Waals surface area contributed by atoms with Crippen LogP contribution in [0.2, 0.25) is 5.02 Å². The van der Waals surface area contributed by atoms with Gasteiger partial charge in [0.1, 0.15) is 0 Å². The molecule has 3 heterocycles. The first kappa shape index (κ1) is 18.9. The molecule has 1 aromatic carbocycles. The van der Waals surface area contributed by atoms with Gasteiger partial charge in [-0.1, -0.05) is 16.8 Å². The molecule has 0 radical (unpaired) electrons. The van der Waals surface area contributed by atoms with E-state index in [-0.39, 0.29) is 23.2 Å². The van der Waals surface area contributed by atoms with Gasteiger partial charge in [0.05, 0.1) is 17.4 Å². The lowest BCUT2D eigenvalue weighted by atomic mass is 10.2. The maximum absolute atomic E-state index is 12.7. The monoisotopic (exact) mass is 412 g/mol. The van der Waals surface area contributed by atoms with Crippen molar-refractivity contribution in [2.45, 2.75) is 13.5 Å². The van der Waals surface area contributed by atoms with Gasteiger partial charge in [0.2, 0.25) is 0 Å². The Labute approximate surface area is 169 Å². The quantitative estimate of drug-likeness (QED) is 0.550. The highest BCUT2D eigenvalue weighted by Gasteiger charge is 2.21. The molecule has 0 aliphatic rings. The van der Waals surface area contributed by atoms with E-state index >= 15 is 0 Å². The number of nitrogens with one attached hydrogen (secondary N) is 1. The van der Waals surface area contributed by atoms with Gasteiger partial charge in [-0.25, -0.2) is 0 Å². The normalized spacial score (nSPS) is 11.2. The first-order chi connectivity index (χ1) is 13.8. The third-order valence-electron chi connectivity index (χ3n) is 4.52. The first-order valence-corrected chi connectivity index (χ1v) is 9.12. The van der Waals surface area contributed by atoms with Crippen LogP contribution in [-0.2, 0) is 20.6 Å². The smallest absolute Gasteiger partial charge is 0.273 e. The predicted molar refractivity (Wildman–Crippen MR) is 107 cm³/mol. The van der Waals surface area contributed by atoms with Crippen LogP contribution in [0.3, 0.4) is 0 Å². The second kappa shape index (κ2) is 7.17. The third kappa shape index (κ3) is 3.40. The summed E-state index contributed by atoms with van der Waals surface area (Å²) in [6, 6.07) is 6.96. The van der Waals surface area contributed by atoms with Gasteiger partial charge in [-0.2, -0.15) is 10.1 Å². The maximum atomic E-state index is 12.7. The van der Waals surface area contributed by atoms with Crippen molar-refractivity contribution in [3.05, 3.63) is 62.9 Å². The third-order valence-corrected chi connectivity index (χ3v) is 4.78. The number of hydrogen-bond acceptors (Lipinski definition) is 6. The average Bonchev–Trinajstić information content (AvgIpc) is 3.30. The number of halogens is 1. The minimum absolute atomic E-state index is 0.0279. The van der Waals surface area contributed by atoms with Gasteiger partial charge < -0.3 is 14.4 Å². The molecule has 0 unspecified atom stereocenters. The van der Waals surface area contributed by atoms with Crippen molar-refractivity contribution in [1.29, 1.82) is 0 Å². The highest BCUT2D eigenvalue weighted by molar-refractivity contribution is 6.30. The molecule has 0 saturated heterocycles. The van der Waals surface area contributed by atoms with Crippen LogP contribution in [-0.4, -0.2) is 30.4 Å². The molecular formula is C19H17ClN6O3. The summed E-state index contributed by atoms with van der Waals surface area (Å²) in [4.78, 5) is 29.5. The standard InChI is InChI=1S/C19H17ClN6O3/c1-10-9-25(2)19(28)14-15(23-26(3)16(10)14)17(27)21-8-13-22-18(29-24-13)11-4-6-12(20)7-5-11/h4-7,9H,8H2,1-3H3,(H,21,27). The van der Waals surface area contributed by atoms with Crippen LogP contribution < -0.4 is 10.9 Å². The molecule has 0 atom stereocenters. The highest BCUT2D eigenvalue weighted by Crippen LogP contribution is 2.20. The molecule has 148 valence electrons. The second-order valence-electron chi connectivity index (χ2n) is 6.63. The summed E-state index contributed by atoms with van der Waals surface area (Å²) in [6.07, 6.45) is 1.71. The Morgan fingerprint density at radius 3 is 2.69 bits per heavy atom. The van der Waals surface area contributed by atoms with E-state index in [4.69, 9.17) is 16.1 Å². The van der Waals surface area contributed by atoms with E-state index < -0.39 is 5.91 Å². The number of pyridine rings is 1. The van der Waals surface area contributed by atoms with E-state index in [1.54, 1.807) is 44.6 Å². The molecule has 4 rings (SSSR count). The molecule has 1 amide bonds. The molecule has 10 heteroatoms. The fourth-order valence-corrected chi connectivity index (χ4v) is 3.33. The Morgan fingerprint density at radius 1 is 1.24 bits per heavy atom. The summed E-state index contributed by atoms with van der Waals surface area (Å²) < 4.78 is 8.20. The molecule has 0 aliphatic carbocycles. The van der Waals surface area contributed by atoms with Gasteiger partial charge in [-0.05, 0) is 36.8 Å². The molecule has 29 heavy (non-hydrogen) atoms. The largest absolute Gasteiger partial charge is 0.343 e. The predicted octanol–water partition coefficient (Wildman–Crippen LogP) is 2.21. The Morgan fingerprint density at radius 2 is 1.97 bits per heavy atom. The Kier molecular flexibility index (Phi) is 4.67. The number of fused-ring (bicyclic) bond motifs is 1. The minimum Gasteiger partial charge on any atom is -0.343 e. The van der Waals surface area contributed by atoms with Crippen molar-refractivity contribution in [1.82, 2.24) is 29.8 Å². The zero-order valence-electron chi connectivity index (χ0n) is 15.9. The van der Waals surface area contributed by atoms with Crippen LogP contribution in [0, 0.1) is 6.92 Å². The molecule has 3 aromatic heterocycles. The Bertz CT molecular complexity index is 1290. The topological polar surface area (TPSA) is 108 Å². The molecular weight excluding hydrogens is 396 g/mol. The van der Waals surface area contributed by atoms with Gasteiger partial charge in [0, 0.05) is 30.9 Å². The lowest BCUT2D eigenvalue weighted by Crippen LogP contribution is -2.26. The van der Waals surface area contributed by atoms with Crippen LogP contribution >= 0.6 is 11.6 Å². The summed E-state index contributed by atoms with van der Waals surface area (Å²) in [5, 5.41) is 11.7. The molecule has 0 bridgehead atoms. The van der Waals surface area contributed by atoms with Gasteiger partial charge in [-0.15, -0.1) is 0 Å². The number of aryl methyl sites for hydroxylation is 3. The number of amides is 1. The van der Waals surface area contributed by atoms with Gasteiger partial charge >= 0.3 is 0 Å². The van der Waals surface area contributed by atoms with Crippen LogP contribution in [0.5, 0.6) is 0 Å². The highest BCUT2D eigenvalue weighted by atomic mass is 35.5. The zero-order valence-corrected chi connectivity index (χ0v) is 16.7. The van der Waals surface area contributed by atoms with Crippen LogP contribution in [0.15, 0.2) is 39.8 Å². The number of nitrogens with zero attached hydrogens (tertiary/aromatic N) is 5. The second-order valence-corrected chi connectivity index (χ2v) is 7.07. The van der Waals surface area contributed by atoms with Crippen molar-refractivity contribution >= 4 is 28.4 Å². The number of carbonyl (C=O) groups excluding carboxylic acids is 1. The molecule has 9 nitrogen and oxygen atoms in total. The van der Waals surface area contributed by atoms with E-state index in [0.29, 0.717) is 27.8 Å². The maximum Gasteiger partial charge on any atom is 0.273 e. The van der Waals surface area contributed by atoms with Crippen molar-refractivity contribution in [2.24, 2.45) is 14.1 Å². The molecule has 0 saturated carbocycles. The summed E-state index contributed by atoms with van der Waals surface area (Å²) in [6.45, 7) is 1.89. The van der Waals surface area contributed by atoms with E-state index in [0.717, 1.165) is 5.56 Å². The first-order valence-electron chi connectivity index (χ1n) is 8.75. The SMILES string of the molecule is Cc1cn(C)c(=O)c2c(C(=O)NCc3noc(-c4ccc(Cl)cc4)n3)nn(C)c12. The van der Waals surface area contributed by atoms with Crippen LogP contribution in [0.25, 0.3) is 22.4 Å². The number of hydrogen-bond donors (Lipinski definition) is 1. The van der Waals surface area contributed by atoms with Crippen molar-refractivity contribution < 1.29 is 9.32 Å². The fraction of sp³-hybridized carbons (Fsp3) is 0.211. The van der Waals surface area contributed by atoms with Crippen molar-refractivity contribution in [3.63, 3.8) is 0 Å². The minimum atomic E-state index is -0.490. The summed E-state index contributed by atoms with van der Waals surface area (Å²) in [7, 11) is 3.34. The molecule has 0 fully saturated rings. The summed E-state index contributed by atoms with van der Waals surface area (Å²) in [5.74, 6) is 0.127. The van der Waals surface area contributed by atoms with E-state index in [1.807, 2.05) is 6.92 Å². The Balaban J connectivity index is 1.57. The number of aromatic nitrogens is 5. The summed E-state index contributed by atoms with van der Waals surface area (Å²) >= 11 is 5.88. The van der Waals surface area contributed by atoms with E-state index in [2.05, 4.69) is 20.6 Å². The molecule has 0 aliphatic heterocycles. The van der Waals surface area contributed by atoms with Crippen molar-refractivity contribution in [2.75, 3.05) is 0 Å². The zero-order chi connectivity index (χ0) is 20.7. The van der Waals surface area contributed by atoms with Gasteiger partial charge in [0.25, 0.3) is 17.4 Å².